The molecule has 0 bridgehead atoms. The molecule has 3 N–H and O–H groups in total. The quantitative estimate of drug-likeness (QED) is 0.110. The van der Waals surface area contributed by atoms with Crippen molar-refractivity contribution in [2.75, 3.05) is 19.6 Å². The lowest BCUT2D eigenvalue weighted by atomic mass is 9.84. The van der Waals surface area contributed by atoms with Gasteiger partial charge in [-0.25, -0.2) is 9.78 Å². The van der Waals surface area contributed by atoms with Gasteiger partial charge in [-0.15, -0.1) is 0 Å². The minimum Gasteiger partial charge on any atom is -0.489 e. The lowest BCUT2D eigenvalue weighted by Gasteiger charge is -2.29. The van der Waals surface area contributed by atoms with E-state index in [1.165, 1.54) is 11.2 Å². The summed E-state index contributed by atoms with van der Waals surface area (Å²) in [5.74, 6) is 0.0132. The van der Waals surface area contributed by atoms with Crippen LogP contribution in [-0.4, -0.2) is 58.5 Å². The summed E-state index contributed by atoms with van der Waals surface area (Å²) in [4.78, 5) is 49.3. The minimum absolute atomic E-state index is 0.0476. The first-order valence-corrected chi connectivity index (χ1v) is 17.1. The summed E-state index contributed by atoms with van der Waals surface area (Å²) in [7, 11) is 0. The number of ether oxygens (including phenoxy) is 2. The van der Waals surface area contributed by atoms with Crippen molar-refractivity contribution in [1.29, 1.82) is 0 Å². The van der Waals surface area contributed by atoms with E-state index in [0.717, 1.165) is 28.0 Å². The van der Waals surface area contributed by atoms with E-state index < -0.39 is 18.0 Å². The molecule has 4 aromatic carbocycles. The molecule has 0 aliphatic rings. The maximum Gasteiger partial charge on any atom is 0.408 e. The Balaban J connectivity index is 1.28. The van der Waals surface area contributed by atoms with Crippen LogP contribution in [0.15, 0.2) is 128 Å². The van der Waals surface area contributed by atoms with E-state index in [9.17, 15) is 14.4 Å². The van der Waals surface area contributed by atoms with Crippen molar-refractivity contribution in [2.45, 2.75) is 51.4 Å². The Hall–Kier alpha value is -5.90. The van der Waals surface area contributed by atoms with Gasteiger partial charge in [-0.05, 0) is 40.8 Å². The highest BCUT2D eigenvalue weighted by molar-refractivity contribution is 5.89. The number of hydrogen-bond acceptors (Lipinski definition) is 6. The van der Waals surface area contributed by atoms with Crippen LogP contribution in [-0.2, 0) is 45.8 Å². The summed E-state index contributed by atoms with van der Waals surface area (Å²) < 4.78 is 11.4. The van der Waals surface area contributed by atoms with Crippen LogP contribution >= 0.6 is 0 Å². The summed E-state index contributed by atoms with van der Waals surface area (Å²) in [6.07, 6.45) is 2.98. The Morgan fingerprint density at radius 2 is 1.43 bits per heavy atom. The van der Waals surface area contributed by atoms with Crippen LogP contribution in [0, 0.1) is 0 Å². The van der Waals surface area contributed by atoms with Crippen LogP contribution in [0.5, 0.6) is 5.75 Å². The molecule has 3 amide bonds. The van der Waals surface area contributed by atoms with Crippen molar-refractivity contribution >= 4 is 17.9 Å². The van der Waals surface area contributed by atoms with Crippen LogP contribution in [0.2, 0.25) is 0 Å². The van der Waals surface area contributed by atoms with Crippen molar-refractivity contribution in [3.05, 3.63) is 156 Å². The molecule has 0 spiro atoms. The van der Waals surface area contributed by atoms with Gasteiger partial charge in [0.15, 0.2) is 0 Å². The first-order valence-electron chi connectivity index (χ1n) is 17.1. The van der Waals surface area contributed by atoms with E-state index in [-0.39, 0.29) is 37.4 Å². The number of carbonyl (C=O) groups is 3. The van der Waals surface area contributed by atoms with Gasteiger partial charge in [0.25, 0.3) is 0 Å². The van der Waals surface area contributed by atoms with Crippen LogP contribution in [0.25, 0.3) is 0 Å². The van der Waals surface area contributed by atoms with Gasteiger partial charge in [-0.2, -0.15) is 0 Å². The number of imidazole rings is 1. The fraction of sp³-hybridized carbons (Fsp3) is 0.268. The van der Waals surface area contributed by atoms with E-state index in [4.69, 9.17) is 9.47 Å². The van der Waals surface area contributed by atoms with Gasteiger partial charge in [0.1, 0.15) is 25.0 Å². The second-order valence-electron chi connectivity index (χ2n) is 13.0. The first kappa shape index (κ1) is 36.4. The molecule has 5 rings (SSSR count). The molecule has 1 aromatic heterocycles. The number of amides is 3. The van der Waals surface area contributed by atoms with Gasteiger partial charge in [0.2, 0.25) is 11.8 Å². The lowest BCUT2D eigenvalue weighted by molar-refractivity contribution is -0.137. The van der Waals surface area contributed by atoms with E-state index >= 15 is 0 Å². The molecule has 0 saturated carbocycles. The largest absolute Gasteiger partial charge is 0.489 e. The maximum absolute atomic E-state index is 14.3. The zero-order valence-corrected chi connectivity index (χ0v) is 29.1. The van der Waals surface area contributed by atoms with Gasteiger partial charge < -0.3 is 30.0 Å². The molecule has 1 heterocycles. The molecule has 0 fully saturated rings. The second kappa shape index (κ2) is 18.2. The summed E-state index contributed by atoms with van der Waals surface area (Å²) in [6.45, 7) is 5.04. The van der Waals surface area contributed by atoms with Crippen LogP contribution in [0.4, 0.5) is 4.79 Å². The van der Waals surface area contributed by atoms with Gasteiger partial charge in [0.05, 0.1) is 12.9 Å². The van der Waals surface area contributed by atoms with Crippen LogP contribution in [0.1, 0.15) is 41.8 Å². The number of alkyl carbamates (subject to hydrolysis) is 1. The number of rotatable bonds is 17. The lowest BCUT2D eigenvalue weighted by Crippen LogP contribution is -2.53. The second-order valence-corrected chi connectivity index (χ2v) is 13.0. The molecule has 1 unspecified atom stereocenters. The fourth-order valence-corrected chi connectivity index (χ4v) is 5.51. The SMILES string of the molecule is CC(C)(CNC(=O)CN(CCc1ccc(OCc2ccccc2)cc1)C(=O)C(Cc1cnc[nH]1)NC(=O)OCc1ccccc1)c1ccccc1. The monoisotopic (exact) mass is 687 g/mol. The highest BCUT2D eigenvalue weighted by Crippen LogP contribution is 2.22. The van der Waals surface area contributed by atoms with Crippen molar-refractivity contribution in [3.8, 4) is 5.75 Å². The number of nitrogens with zero attached hydrogens (tertiary/aromatic N) is 2. The molecule has 5 aromatic rings. The third-order valence-electron chi connectivity index (χ3n) is 8.55. The predicted molar refractivity (Wildman–Crippen MR) is 196 cm³/mol. The van der Waals surface area contributed by atoms with Crippen LogP contribution in [0.3, 0.4) is 0 Å². The molecule has 264 valence electrons. The molecule has 51 heavy (non-hydrogen) atoms. The van der Waals surface area contributed by atoms with Crippen molar-refractivity contribution in [2.24, 2.45) is 0 Å². The van der Waals surface area contributed by atoms with Crippen molar-refractivity contribution in [1.82, 2.24) is 25.5 Å². The summed E-state index contributed by atoms with van der Waals surface area (Å²) in [5.41, 5.74) is 4.26. The average Bonchev–Trinajstić information content (AvgIpc) is 3.68. The highest BCUT2D eigenvalue weighted by Gasteiger charge is 2.29. The Morgan fingerprint density at radius 1 is 0.804 bits per heavy atom. The average molecular weight is 688 g/mol. The number of nitrogens with one attached hydrogen (secondary N) is 3. The number of H-pyrrole nitrogens is 1. The molecular formula is C41H45N5O5. The zero-order valence-electron chi connectivity index (χ0n) is 29.1. The van der Waals surface area contributed by atoms with E-state index in [1.54, 1.807) is 6.20 Å². The van der Waals surface area contributed by atoms with Gasteiger partial charge in [0, 0.05) is 36.8 Å². The van der Waals surface area contributed by atoms with E-state index in [0.29, 0.717) is 25.3 Å². The molecular weight excluding hydrogens is 642 g/mol. The summed E-state index contributed by atoms with van der Waals surface area (Å²) in [5, 5.41) is 5.77. The Morgan fingerprint density at radius 3 is 2.06 bits per heavy atom. The van der Waals surface area contributed by atoms with E-state index in [1.807, 2.05) is 115 Å². The first-order chi connectivity index (χ1) is 24.7. The Labute approximate surface area is 299 Å². The highest BCUT2D eigenvalue weighted by atomic mass is 16.5. The Kier molecular flexibility index (Phi) is 13.0. The number of hydrogen-bond donors (Lipinski definition) is 3. The van der Waals surface area contributed by atoms with Gasteiger partial charge >= 0.3 is 6.09 Å². The molecule has 10 heteroatoms. The summed E-state index contributed by atoms with van der Waals surface area (Å²) >= 11 is 0. The Bertz CT molecular complexity index is 1800. The third kappa shape index (κ3) is 11.6. The maximum atomic E-state index is 14.3. The van der Waals surface area contributed by atoms with Gasteiger partial charge in [-0.3, -0.25) is 9.59 Å². The van der Waals surface area contributed by atoms with Crippen LogP contribution < -0.4 is 15.4 Å². The molecule has 10 nitrogen and oxygen atoms in total. The molecule has 1 atom stereocenters. The molecule has 0 aliphatic heterocycles. The predicted octanol–water partition coefficient (Wildman–Crippen LogP) is 5.99. The summed E-state index contributed by atoms with van der Waals surface area (Å²) in [6, 6.07) is 35.9. The fourth-order valence-electron chi connectivity index (χ4n) is 5.51. The van der Waals surface area contributed by atoms with E-state index in [2.05, 4.69) is 34.4 Å². The normalized spacial score (nSPS) is 11.6. The van der Waals surface area contributed by atoms with Crippen molar-refractivity contribution < 1.29 is 23.9 Å². The minimum atomic E-state index is -1.02. The number of aromatic nitrogens is 2. The third-order valence-corrected chi connectivity index (χ3v) is 8.55. The number of benzene rings is 4. The molecule has 0 saturated heterocycles. The zero-order chi connectivity index (χ0) is 35.9. The number of carbonyl (C=O) groups excluding carboxylic acids is 3. The number of aromatic amines is 1. The smallest absolute Gasteiger partial charge is 0.408 e. The topological polar surface area (TPSA) is 126 Å². The van der Waals surface area contributed by atoms with Crippen molar-refractivity contribution in [3.63, 3.8) is 0 Å². The van der Waals surface area contributed by atoms with Gasteiger partial charge in [-0.1, -0.05) is 117 Å². The molecule has 0 radical (unpaired) electrons. The molecule has 0 aliphatic carbocycles. The standard InChI is InChI=1S/C41H45N5O5/c1-41(2,34-16-10-5-11-17-34)29-43-38(47)26-46(23-22-31-18-20-36(21-19-31)50-27-32-12-6-3-7-13-32)39(48)37(24-35-25-42-30-44-35)45-40(49)51-28-33-14-8-4-9-15-33/h3-21,25,30,37H,22-24,26-29H2,1-2H3,(H,42,44)(H,43,47)(H,45,49).